The smallest absolute Gasteiger partial charge is 0.00964 e. The molecular weight excluding hydrogens is 196 g/mol. The summed E-state index contributed by atoms with van der Waals surface area (Å²) in [5.74, 6) is 1.03. The summed E-state index contributed by atoms with van der Waals surface area (Å²) in [4.78, 5) is 2.76. The Hall–Kier alpha value is -0.0800. The van der Waals surface area contributed by atoms with Crippen LogP contribution >= 0.6 is 0 Å². The van der Waals surface area contributed by atoms with E-state index in [1.807, 2.05) is 0 Å². The standard InChI is InChI=1S/C14H28N2/c1-3-16(11-12-5-4-6-12)14-9-7-13(15-2)8-10-14/h12-15H,3-11H2,1-2H3. The number of hydrogen-bond donors (Lipinski definition) is 1. The molecule has 0 saturated heterocycles. The maximum Gasteiger partial charge on any atom is 0.00964 e. The van der Waals surface area contributed by atoms with Gasteiger partial charge in [-0.3, -0.25) is 0 Å². The van der Waals surface area contributed by atoms with Gasteiger partial charge in [-0.15, -0.1) is 0 Å². The predicted molar refractivity (Wildman–Crippen MR) is 69.7 cm³/mol. The molecule has 2 saturated carbocycles. The van der Waals surface area contributed by atoms with Crippen molar-refractivity contribution in [2.24, 2.45) is 5.92 Å². The summed E-state index contributed by atoms with van der Waals surface area (Å²) < 4.78 is 0. The zero-order valence-corrected chi connectivity index (χ0v) is 11.0. The first-order valence-corrected chi connectivity index (χ1v) is 7.24. The van der Waals surface area contributed by atoms with Gasteiger partial charge in [0.05, 0.1) is 0 Å². The predicted octanol–water partition coefficient (Wildman–Crippen LogP) is 2.64. The van der Waals surface area contributed by atoms with Gasteiger partial charge in [0.2, 0.25) is 0 Å². The second-order valence-corrected chi connectivity index (χ2v) is 5.68. The summed E-state index contributed by atoms with van der Waals surface area (Å²) in [6.07, 6.45) is 10.0. The first-order chi connectivity index (χ1) is 7.83. The number of nitrogens with one attached hydrogen (secondary N) is 1. The van der Waals surface area contributed by atoms with Crippen LogP contribution in [-0.2, 0) is 0 Å². The van der Waals surface area contributed by atoms with E-state index in [1.54, 1.807) is 0 Å². The zero-order valence-electron chi connectivity index (χ0n) is 11.0. The SMILES string of the molecule is CCN(CC1CCC1)C1CCC(NC)CC1. The normalized spacial score (nSPS) is 31.7. The zero-order chi connectivity index (χ0) is 11.4. The van der Waals surface area contributed by atoms with Crippen molar-refractivity contribution in [3.05, 3.63) is 0 Å². The molecule has 94 valence electrons. The maximum atomic E-state index is 3.43. The molecule has 0 atom stereocenters. The monoisotopic (exact) mass is 224 g/mol. The molecule has 0 spiro atoms. The minimum atomic E-state index is 0.790. The van der Waals surface area contributed by atoms with Gasteiger partial charge in [0.15, 0.2) is 0 Å². The molecule has 2 aliphatic rings. The first kappa shape index (κ1) is 12.4. The Labute approximate surface area is 101 Å². The van der Waals surface area contributed by atoms with E-state index in [2.05, 4.69) is 24.2 Å². The van der Waals surface area contributed by atoms with Gasteiger partial charge in [-0.05, 0) is 58.0 Å². The summed E-state index contributed by atoms with van der Waals surface area (Å²) in [5, 5.41) is 3.43. The van der Waals surface area contributed by atoms with E-state index in [4.69, 9.17) is 0 Å². The van der Waals surface area contributed by atoms with Crippen LogP contribution in [0.3, 0.4) is 0 Å². The Morgan fingerprint density at radius 2 is 1.75 bits per heavy atom. The van der Waals surface area contributed by atoms with E-state index in [0.717, 1.165) is 18.0 Å². The van der Waals surface area contributed by atoms with Crippen molar-refractivity contribution in [3.63, 3.8) is 0 Å². The van der Waals surface area contributed by atoms with Gasteiger partial charge in [-0.2, -0.15) is 0 Å². The summed E-state index contributed by atoms with van der Waals surface area (Å²) >= 11 is 0. The fraction of sp³-hybridized carbons (Fsp3) is 1.00. The topological polar surface area (TPSA) is 15.3 Å². The van der Waals surface area contributed by atoms with Crippen LogP contribution < -0.4 is 5.32 Å². The Morgan fingerprint density at radius 3 is 2.19 bits per heavy atom. The molecule has 2 fully saturated rings. The third kappa shape index (κ3) is 2.98. The largest absolute Gasteiger partial charge is 0.317 e. The lowest BCUT2D eigenvalue weighted by molar-refractivity contribution is 0.107. The molecule has 2 nitrogen and oxygen atoms in total. The maximum absolute atomic E-state index is 3.43. The Morgan fingerprint density at radius 1 is 1.06 bits per heavy atom. The van der Waals surface area contributed by atoms with Crippen LogP contribution in [0.1, 0.15) is 51.9 Å². The molecule has 0 radical (unpaired) electrons. The molecule has 2 heteroatoms. The van der Waals surface area contributed by atoms with Crippen molar-refractivity contribution in [3.8, 4) is 0 Å². The van der Waals surface area contributed by atoms with E-state index in [0.29, 0.717) is 0 Å². The van der Waals surface area contributed by atoms with Crippen molar-refractivity contribution in [2.45, 2.75) is 64.0 Å². The van der Waals surface area contributed by atoms with E-state index in [-0.39, 0.29) is 0 Å². The molecule has 0 aromatic carbocycles. The van der Waals surface area contributed by atoms with Crippen molar-refractivity contribution >= 4 is 0 Å². The van der Waals surface area contributed by atoms with Crippen LogP contribution in [0.2, 0.25) is 0 Å². The Kier molecular flexibility index (Phi) is 4.66. The van der Waals surface area contributed by atoms with Gasteiger partial charge in [0.25, 0.3) is 0 Å². The van der Waals surface area contributed by atoms with Crippen molar-refractivity contribution < 1.29 is 0 Å². The molecule has 0 unspecified atom stereocenters. The van der Waals surface area contributed by atoms with Crippen molar-refractivity contribution in [2.75, 3.05) is 20.1 Å². The fourth-order valence-corrected chi connectivity index (χ4v) is 3.27. The quantitative estimate of drug-likeness (QED) is 0.772. The Bertz CT molecular complexity index is 193. The molecule has 2 aliphatic carbocycles. The number of hydrogen-bond acceptors (Lipinski definition) is 2. The first-order valence-electron chi connectivity index (χ1n) is 7.24. The summed E-state index contributed by atoms with van der Waals surface area (Å²) in [5.41, 5.74) is 0. The number of rotatable bonds is 5. The molecule has 0 aromatic heterocycles. The van der Waals surface area contributed by atoms with Gasteiger partial charge >= 0.3 is 0 Å². The molecule has 0 amide bonds. The fourth-order valence-electron chi connectivity index (χ4n) is 3.27. The van der Waals surface area contributed by atoms with Gasteiger partial charge in [0, 0.05) is 18.6 Å². The number of nitrogens with zero attached hydrogens (tertiary/aromatic N) is 1. The highest BCUT2D eigenvalue weighted by atomic mass is 15.2. The van der Waals surface area contributed by atoms with E-state index in [1.165, 1.54) is 58.0 Å². The second-order valence-electron chi connectivity index (χ2n) is 5.68. The minimum absolute atomic E-state index is 0.790. The molecular formula is C14H28N2. The Balaban J connectivity index is 1.75. The van der Waals surface area contributed by atoms with Crippen LogP contribution in [0.25, 0.3) is 0 Å². The van der Waals surface area contributed by atoms with Crippen molar-refractivity contribution in [1.82, 2.24) is 10.2 Å². The van der Waals surface area contributed by atoms with Gasteiger partial charge in [-0.1, -0.05) is 13.3 Å². The third-order valence-corrected chi connectivity index (χ3v) is 4.74. The van der Waals surface area contributed by atoms with Gasteiger partial charge < -0.3 is 10.2 Å². The summed E-state index contributed by atoms with van der Waals surface area (Å²) in [7, 11) is 2.11. The van der Waals surface area contributed by atoms with E-state index < -0.39 is 0 Å². The third-order valence-electron chi connectivity index (χ3n) is 4.74. The lowest BCUT2D eigenvalue weighted by Gasteiger charge is -2.40. The average molecular weight is 224 g/mol. The molecule has 1 N–H and O–H groups in total. The lowest BCUT2D eigenvalue weighted by atomic mass is 9.83. The second kappa shape index (κ2) is 6.02. The molecule has 2 rings (SSSR count). The molecule has 0 heterocycles. The van der Waals surface area contributed by atoms with Gasteiger partial charge in [0.1, 0.15) is 0 Å². The molecule has 16 heavy (non-hydrogen) atoms. The molecule has 0 aromatic rings. The van der Waals surface area contributed by atoms with Crippen LogP contribution in [-0.4, -0.2) is 37.1 Å². The van der Waals surface area contributed by atoms with Crippen LogP contribution in [0.4, 0.5) is 0 Å². The van der Waals surface area contributed by atoms with E-state index in [9.17, 15) is 0 Å². The summed E-state index contributed by atoms with van der Waals surface area (Å²) in [6.45, 7) is 4.97. The lowest BCUT2D eigenvalue weighted by Crippen LogP contribution is -2.44. The van der Waals surface area contributed by atoms with Gasteiger partial charge in [-0.25, -0.2) is 0 Å². The van der Waals surface area contributed by atoms with Crippen LogP contribution in [0.15, 0.2) is 0 Å². The summed E-state index contributed by atoms with van der Waals surface area (Å²) in [6, 6.07) is 1.67. The highest BCUT2D eigenvalue weighted by molar-refractivity contribution is 4.84. The highest BCUT2D eigenvalue weighted by Gasteiger charge is 2.27. The highest BCUT2D eigenvalue weighted by Crippen LogP contribution is 2.30. The molecule has 0 aliphatic heterocycles. The molecule has 0 bridgehead atoms. The van der Waals surface area contributed by atoms with Crippen molar-refractivity contribution in [1.29, 1.82) is 0 Å². The van der Waals surface area contributed by atoms with E-state index >= 15 is 0 Å². The van der Waals surface area contributed by atoms with Crippen LogP contribution in [0, 0.1) is 5.92 Å². The minimum Gasteiger partial charge on any atom is -0.317 e. The average Bonchev–Trinajstić information content (AvgIpc) is 2.28. The van der Waals surface area contributed by atoms with Crippen LogP contribution in [0.5, 0.6) is 0 Å².